The highest BCUT2D eigenvalue weighted by molar-refractivity contribution is 5.81. The molecular weight excluding hydrogens is 452 g/mol. The molecule has 1 atom stereocenters. The van der Waals surface area contributed by atoms with Crippen LogP contribution in [0.4, 0.5) is 0 Å². The summed E-state index contributed by atoms with van der Waals surface area (Å²) >= 11 is 0. The van der Waals surface area contributed by atoms with Gasteiger partial charge in [0.25, 0.3) is 5.56 Å². The minimum absolute atomic E-state index is 0.0746. The second-order valence-electron chi connectivity index (χ2n) is 10.7. The zero-order valence-corrected chi connectivity index (χ0v) is 22.2. The number of aromatic nitrogens is 5. The number of H-pyrrole nitrogens is 1. The molecule has 4 rings (SSSR count). The van der Waals surface area contributed by atoms with Gasteiger partial charge in [-0.3, -0.25) is 9.69 Å². The summed E-state index contributed by atoms with van der Waals surface area (Å²) in [6.07, 6.45) is 0. The van der Waals surface area contributed by atoms with Gasteiger partial charge in [-0.05, 0) is 78.8 Å². The van der Waals surface area contributed by atoms with Crippen LogP contribution in [0.25, 0.3) is 10.9 Å². The van der Waals surface area contributed by atoms with Crippen molar-refractivity contribution < 1.29 is 4.74 Å². The summed E-state index contributed by atoms with van der Waals surface area (Å²) in [4.78, 5) is 18.6. The van der Waals surface area contributed by atoms with E-state index in [2.05, 4.69) is 72.2 Å². The lowest BCUT2D eigenvalue weighted by atomic mass is 9.98. The van der Waals surface area contributed by atoms with Gasteiger partial charge in [-0.1, -0.05) is 44.2 Å². The molecule has 0 bridgehead atoms. The van der Waals surface area contributed by atoms with E-state index in [1.165, 1.54) is 0 Å². The molecule has 8 heteroatoms. The second-order valence-corrected chi connectivity index (χ2v) is 10.7. The van der Waals surface area contributed by atoms with Crippen LogP contribution >= 0.6 is 0 Å². The third-order valence-electron chi connectivity index (χ3n) is 6.50. The number of nitrogens with one attached hydrogen (secondary N) is 1. The lowest BCUT2D eigenvalue weighted by molar-refractivity contribution is 0.119. The Morgan fingerprint density at radius 2 is 1.81 bits per heavy atom. The van der Waals surface area contributed by atoms with E-state index < -0.39 is 0 Å². The zero-order valence-electron chi connectivity index (χ0n) is 22.2. The topological polar surface area (TPSA) is 88.9 Å². The van der Waals surface area contributed by atoms with Gasteiger partial charge in [-0.25, -0.2) is 4.68 Å². The number of ether oxygens (including phenoxy) is 1. The van der Waals surface area contributed by atoms with Crippen LogP contribution in [0.15, 0.2) is 53.3 Å². The summed E-state index contributed by atoms with van der Waals surface area (Å²) < 4.78 is 7.24. The highest BCUT2D eigenvalue weighted by Crippen LogP contribution is 2.32. The molecule has 1 N–H and O–H groups in total. The third-order valence-corrected chi connectivity index (χ3v) is 6.50. The Morgan fingerprint density at radius 3 is 2.44 bits per heavy atom. The van der Waals surface area contributed by atoms with Crippen molar-refractivity contribution in [2.45, 2.75) is 66.2 Å². The summed E-state index contributed by atoms with van der Waals surface area (Å²) in [5.41, 5.74) is 3.40. The van der Waals surface area contributed by atoms with Gasteiger partial charge in [0, 0.05) is 18.7 Å². The van der Waals surface area contributed by atoms with Gasteiger partial charge in [0.05, 0.1) is 24.2 Å². The summed E-state index contributed by atoms with van der Waals surface area (Å²) in [6.45, 7) is 13.7. The predicted octanol–water partition coefficient (Wildman–Crippen LogP) is 4.99. The first kappa shape index (κ1) is 25.6. The average Bonchev–Trinajstić information content (AvgIpc) is 3.30. The van der Waals surface area contributed by atoms with E-state index in [-0.39, 0.29) is 23.1 Å². The monoisotopic (exact) mass is 488 g/mol. The van der Waals surface area contributed by atoms with Gasteiger partial charge < -0.3 is 9.72 Å². The van der Waals surface area contributed by atoms with Crippen molar-refractivity contribution in [1.29, 1.82) is 0 Å². The molecule has 0 aliphatic carbocycles. The number of nitrogens with zero attached hydrogens (tertiary/aromatic N) is 5. The highest BCUT2D eigenvalue weighted by Gasteiger charge is 2.33. The summed E-state index contributed by atoms with van der Waals surface area (Å²) in [7, 11) is 1.66. The van der Waals surface area contributed by atoms with Crippen LogP contribution in [0.2, 0.25) is 0 Å². The quantitative estimate of drug-likeness (QED) is 0.376. The number of pyridine rings is 1. The number of para-hydroxylation sites is 1. The molecule has 0 spiro atoms. The molecule has 2 aromatic heterocycles. The molecule has 4 aromatic rings. The molecule has 2 heterocycles. The van der Waals surface area contributed by atoms with Gasteiger partial charge in [-0.2, -0.15) is 0 Å². The van der Waals surface area contributed by atoms with Gasteiger partial charge >= 0.3 is 0 Å². The molecule has 0 saturated heterocycles. The van der Waals surface area contributed by atoms with E-state index >= 15 is 0 Å². The van der Waals surface area contributed by atoms with Crippen molar-refractivity contribution in [3.63, 3.8) is 0 Å². The molecular formula is C28H36N6O2. The number of benzene rings is 2. The maximum atomic E-state index is 13.2. The van der Waals surface area contributed by atoms with Crippen molar-refractivity contribution in [3.8, 4) is 5.75 Å². The van der Waals surface area contributed by atoms with E-state index in [4.69, 9.17) is 4.74 Å². The normalized spacial score (nSPS) is 13.0. The fraction of sp³-hybridized carbons (Fsp3) is 0.429. The predicted molar refractivity (Wildman–Crippen MR) is 142 cm³/mol. The smallest absolute Gasteiger partial charge is 0.252 e. The molecule has 0 saturated carbocycles. The Balaban J connectivity index is 1.80. The average molecular weight is 489 g/mol. The van der Waals surface area contributed by atoms with E-state index in [9.17, 15) is 4.79 Å². The molecule has 0 aliphatic rings. The number of hydrogen-bond donors (Lipinski definition) is 1. The van der Waals surface area contributed by atoms with E-state index in [1.807, 2.05) is 48.0 Å². The minimum atomic E-state index is -0.282. The molecule has 36 heavy (non-hydrogen) atoms. The van der Waals surface area contributed by atoms with E-state index in [0.717, 1.165) is 33.6 Å². The number of aromatic amines is 1. The fourth-order valence-corrected chi connectivity index (χ4v) is 4.72. The Labute approximate surface area is 212 Å². The number of tetrazole rings is 1. The minimum Gasteiger partial charge on any atom is -0.497 e. The molecule has 1 unspecified atom stereocenters. The Hall–Kier alpha value is -3.52. The molecule has 190 valence electrons. The van der Waals surface area contributed by atoms with Crippen LogP contribution in [-0.2, 0) is 18.6 Å². The number of hydrogen-bond acceptors (Lipinski definition) is 6. The van der Waals surface area contributed by atoms with Crippen molar-refractivity contribution in [2.75, 3.05) is 7.11 Å². The Bertz CT molecular complexity index is 1380. The molecule has 0 amide bonds. The first-order valence-electron chi connectivity index (χ1n) is 12.4. The lowest BCUT2D eigenvalue weighted by Crippen LogP contribution is -2.37. The largest absolute Gasteiger partial charge is 0.497 e. The van der Waals surface area contributed by atoms with Crippen LogP contribution in [0, 0.1) is 12.8 Å². The van der Waals surface area contributed by atoms with Crippen molar-refractivity contribution in [2.24, 2.45) is 5.92 Å². The van der Waals surface area contributed by atoms with E-state index in [0.29, 0.717) is 18.7 Å². The van der Waals surface area contributed by atoms with Gasteiger partial charge in [-0.15, -0.1) is 5.10 Å². The lowest BCUT2D eigenvalue weighted by Gasteiger charge is -2.35. The van der Waals surface area contributed by atoms with E-state index in [1.54, 1.807) is 7.11 Å². The van der Waals surface area contributed by atoms with Crippen molar-refractivity contribution in [3.05, 3.63) is 81.4 Å². The van der Waals surface area contributed by atoms with Gasteiger partial charge in [0.15, 0.2) is 5.82 Å². The van der Waals surface area contributed by atoms with Crippen LogP contribution in [0.5, 0.6) is 5.75 Å². The number of methoxy groups -OCH3 is 1. The molecule has 0 fully saturated rings. The fourth-order valence-electron chi connectivity index (χ4n) is 4.72. The number of aryl methyl sites for hydroxylation is 1. The number of rotatable bonds is 8. The van der Waals surface area contributed by atoms with Crippen LogP contribution in [-0.4, -0.2) is 37.2 Å². The molecule has 0 radical (unpaired) electrons. The van der Waals surface area contributed by atoms with Crippen LogP contribution in [0.1, 0.15) is 63.2 Å². The molecule has 0 aliphatic heterocycles. The van der Waals surface area contributed by atoms with Crippen molar-refractivity contribution >= 4 is 10.9 Å². The second kappa shape index (κ2) is 10.2. The maximum Gasteiger partial charge on any atom is 0.252 e. The standard InChI is InChI=1S/C28H36N6O2/c1-18(2)25(26-30-31-32-34(26)28(4,5)6)33(16-20-11-13-23(36-7)14-12-20)17-22-15-21-10-8-9-19(3)24(21)29-27(22)35/h8-15,18,25H,16-17H2,1-7H3,(H,29,35). The third kappa shape index (κ3) is 5.33. The Morgan fingerprint density at radius 1 is 1.08 bits per heavy atom. The van der Waals surface area contributed by atoms with Gasteiger partial charge in [0.1, 0.15) is 5.75 Å². The summed E-state index contributed by atoms with van der Waals surface area (Å²) in [5, 5.41) is 13.9. The molecule has 2 aromatic carbocycles. The summed E-state index contributed by atoms with van der Waals surface area (Å²) in [5.74, 6) is 1.79. The SMILES string of the molecule is COc1ccc(CN(Cc2cc3cccc(C)c3[nH]c2=O)C(c2nnnn2C(C)(C)C)C(C)C)cc1. The Kier molecular flexibility index (Phi) is 7.26. The zero-order chi connectivity index (χ0) is 26.0. The number of fused-ring (bicyclic) bond motifs is 1. The first-order valence-corrected chi connectivity index (χ1v) is 12.4. The van der Waals surface area contributed by atoms with Crippen LogP contribution in [0.3, 0.4) is 0 Å². The summed E-state index contributed by atoms with van der Waals surface area (Å²) in [6, 6.07) is 16.0. The van der Waals surface area contributed by atoms with Gasteiger partial charge in [0.2, 0.25) is 0 Å². The maximum absolute atomic E-state index is 13.2. The first-order chi connectivity index (χ1) is 17.1. The van der Waals surface area contributed by atoms with Crippen molar-refractivity contribution in [1.82, 2.24) is 30.1 Å². The molecule has 8 nitrogen and oxygen atoms in total. The van der Waals surface area contributed by atoms with Crippen LogP contribution < -0.4 is 10.3 Å². The highest BCUT2D eigenvalue weighted by atomic mass is 16.5.